The Balaban J connectivity index is 3.17. The third kappa shape index (κ3) is 4.34. The zero-order valence-electron chi connectivity index (χ0n) is 12.4. The van der Waals surface area contributed by atoms with E-state index in [1.165, 1.54) is 17.0 Å². The molecule has 0 saturated heterocycles. The molecule has 116 valence electrons. The van der Waals surface area contributed by atoms with Gasteiger partial charge in [0.1, 0.15) is 11.8 Å². The highest BCUT2D eigenvalue weighted by Gasteiger charge is 2.23. The number of carbonyl (C=O) groups is 1. The third-order valence-corrected chi connectivity index (χ3v) is 3.11. The van der Waals surface area contributed by atoms with Gasteiger partial charge < -0.3 is 14.7 Å². The number of hydrogen-bond donors (Lipinski definition) is 1. The number of nitro benzene ring substituents is 1. The lowest BCUT2D eigenvalue weighted by Gasteiger charge is -2.26. The minimum absolute atomic E-state index is 0.120. The molecule has 0 amide bonds. The van der Waals surface area contributed by atoms with Gasteiger partial charge >= 0.3 is 5.97 Å². The lowest BCUT2D eigenvalue weighted by atomic mass is 10.1. The molecule has 0 saturated carbocycles. The van der Waals surface area contributed by atoms with Crippen molar-refractivity contribution in [1.82, 2.24) is 0 Å². The van der Waals surface area contributed by atoms with Gasteiger partial charge in [0.15, 0.2) is 0 Å². The molecule has 0 heterocycles. The van der Waals surface area contributed by atoms with Gasteiger partial charge in [-0.3, -0.25) is 10.1 Å². The van der Waals surface area contributed by atoms with E-state index in [0.717, 1.165) is 6.42 Å². The summed E-state index contributed by atoms with van der Waals surface area (Å²) in [5, 5.41) is 20.2. The monoisotopic (exact) mass is 296 g/mol. The Morgan fingerprint density at radius 3 is 2.57 bits per heavy atom. The summed E-state index contributed by atoms with van der Waals surface area (Å²) in [6, 6.07) is 3.57. The van der Waals surface area contributed by atoms with Crippen molar-refractivity contribution in [2.45, 2.75) is 32.7 Å². The van der Waals surface area contributed by atoms with Gasteiger partial charge in [-0.1, -0.05) is 13.8 Å². The maximum absolute atomic E-state index is 11.2. The van der Waals surface area contributed by atoms with E-state index in [9.17, 15) is 20.0 Å². The Morgan fingerprint density at radius 1 is 1.43 bits per heavy atom. The fourth-order valence-electron chi connectivity index (χ4n) is 1.97. The fourth-order valence-corrected chi connectivity index (χ4v) is 1.97. The standard InChI is InChI=1S/C14H20N2O5/c1-4-6-21-12-8-10(7-11(9-12)16(19)20)15(3)13(5-2)14(17)18/h7-9,13H,4-6H2,1-3H3,(H,17,18). The molecule has 1 aromatic rings. The third-order valence-electron chi connectivity index (χ3n) is 3.11. The van der Waals surface area contributed by atoms with Crippen LogP contribution in [-0.4, -0.2) is 35.7 Å². The first-order valence-corrected chi connectivity index (χ1v) is 6.78. The molecule has 7 heteroatoms. The van der Waals surface area contributed by atoms with Crippen molar-refractivity contribution >= 4 is 17.3 Å². The van der Waals surface area contributed by atoms with Crippen LogP contribution in [0.1, 0.15) is 26.7 Å². The van der Waals surface area contributed by atoms with E-state index in [-0.39, 0.29) is 5.69 Å². The number of ether oxygens (including phenoxy) is 1. The number of non-ortho nitro benzene ring substituents is 1. The number of carboxylic acids is 1. The largest absolute Gasteiger partial charge is 0.493 e. The second-order valence-electron chi connectivity index (χ2n) is 4.66. The molecule has 0 aromatic heterocycles. The van der Waals surface area contributed by atoms with Gasteiger partial charge in [-0.15, -0.1) is 0 Å². The van der Waals surface area contributed by atoms with E-state index in [1.54, 1.807) is 20.0 Å². The fraction of sp³-hybridized carbons (Fsp3) is 0.500. The van der Waals surface area contributed by atoms with Crippen molar-refractivity contribution < 1.29 is 19.6 Å². The van der Waals surface area contributed by atoms with Crippen LogP contribution >= 0.6 is 0 Å². The van der Waals surface area contributed by atoms with Crippen LogP contribution in [0.15, 0.2) is 18.2 Å². The van der Waals surface area contributed by atoms with E-state index in [4.69, 9.17) is 4.74 Å². The molecule has 1 aromatic carbocycles. The Bertz CT molecular complexity index is 518. The van der Waals surface area contributed by atoms with Crippen LogP contribution in [0.2, 0.25) is 0 Å². The van der Waals surface area contributed by atoms with E-state index in [1.807, 2.05) is 6.92 Å². The second-order valence-corrected chi connectivity index (χ2v) is 4.66. The number of likely N-dealkylation sites (N-methyl/N-ethyl adjacent to an activating group) is 1. The molecule has 1 atom stereocenters. The van der Waals surface area contributed by atoms with E-state index in [2.05, 4.69) is 0 Å². The molecule has 1 rings (SSSR count). The highest BCUT2D eigenvalue weighted by atomic mass is 16.6. The Hall–Kier alpha value is -2.31. The normalized spacial score (nSPS) is 11.8. The number of hydrogen-bond acceptors (Lipinski definition) is 5. The first kappa shape index (κ1) is 16.7. The summed E-state index contributed by atoms with van der Waals surface area (Å²) in [4.78, 5) is 23.2. The highest BCUT2D eigenvalue weighted by Crippen LogP contribution is 2.29. The Labute approximate surface area is 123 Å². The van der Waals surface area contributed by atoms with E-state index < -0.39 is 16.9 Å². The van der Waals surface area contributed by atoms with E-state index >= 15 is 0 Å². The van der Waals surface area contributed by atoms with Crippen LogP contribution < -0.4 is 9.64 Å². The smallest absolute Gasteiger partial charge is 0.326 e. The predicted molar refractivity (Wildman–Crippen MR) is 79.0 cm³/mol. The molecule has 0 aliphatic rings. The number of anilines is 1. The number of nitro groups is 1. The van der Waals surface area contributed by atoms with Crippen molar-refractivity contribution in [2.75, 3.05) is 18.6 Å². The molecule has 0 radical (unpaired) electrons. The summed E-state index contributed by atoms with van der Waals surface area (Å²) >= 11 is 0. The number of rotatable bonds is 8. The van der Waals surface area contributed by atoms with Gasteiger partial charge in [-0.05, 0) is 12.8 Å². The molecule has 0 spiro atoms. The summed E-state index contributed by atoms with van der Waals surface area (Å²) in [5.74, 6) is -0.601. The number of carboxylic acid groups (broad SMARTS) is 1. The molecule has 0 aliphatic carbocycles. The van der Waals surface area contributed by atoms with Crippen LogP contribution in [-0.2, 0) is 4.79 Å². The van der Waals surface area contributed by atoms with Gasteiger partial charge in [-0.25, -0.2) is 4.79 Å². The van der Waals surface area contributed by atoms with Gasteiger partial charge in [0.2, 0.25) is 0 Å². The average molecular weight is 296 g/mol. The minimum atomic E-state index is -0.970. The predicted octanol–water partition coefficient (Wildman–Crippen LogP) is 2.68. The van der Waals surface area contributed by atoms with Crippen LogP contribution in [0.25, 0.3) is 0 Å². The van der Waals surface area contributed by atoms with Crippen molar-refractivity contribution in [1.29, 1.82) is 0 Å². The summed E-state index contributed by atoms with van der Waals surface area (Å²) in [6.07, 6.45) is 1.17. The van der Waals surface area contributed by atoms with Crippen LogP contribution in [0.3, 0.4) is 0 Å². The first-order chi connectivity index (χ1) is 9.90. The zero-order valence-corrected chi connectivity index (χ0v) is 12.4. The number of nitrogens with zero attached hydrogens (tertiary/aromatic N) is 2. The molecule has 0 fully saturated rings. The van der Waals surface area contributed by atoms with Gasteiger partial charge in [0.25, 0.3) is 5.69 Å². The van der Waals surface area contributed by atoms with Crippen molar-refractivity contribution in [2.24, 2.45) is 0 Å². The van der Waals surface area contributed by atoms with Crippen LogP contribution in [0.5, 0.6) is 5.75 Å². The van der Waals surface area contributed by atoms with Gasteiger partial charge in [0, 0.05) is 24.9 Å². The second kappa shape index (κ2) is 7.47. The Morgan fingerprint density at radius 2 is 2.10 bits per heavy atom. The number of aliphatic carboxylic acids is 1. The van der Waals surface area contributed by atoms with Crippen LogP contribution in [0, 0.1) is 10.1 Å². The topological polar surface area (TPSA) is 92.9 Å². The SMILES string of the molecule is CCCOc1cc(N(C)C(CC)C(=O)O)cc([N+](=O)[O-])c1. The quantitative estimate of drug-likeness (QED) is 0.585. The molecule has 0 aliphatic heterocycles. The van der Waals surface area contributed by atoms with Crippen molar-refractivity contribution in [3.05, 3.63) is 28.3 Å². The summed E-state index contributed by atoms with van der Waals surface area (Å²) < 4.78 is 5.43. The lowest BCUT2D eigenvalue weighted by Crippen LogP contribution is -2.37. The molecule has 1 N–H and O–H groups in total. The highest BCUT2D eigenvalue weighted by molar-refractivity contribution is 5.78. The number of benzene rings is 1. The molecular formula is C14H20N2O5. The Kier molecular flexibility index (Phi) is 5.95. The van der Waals surface area contributed by atoms with Crippen molar-refractivity contribution in [3.8, 4) is 5.75 Å². The molecule has 21 heavy (non-hydrogen) atoms. The summed E-state index contributed by atoms with van der Waals surface area (Å²) in [5.41, 5.74) is 0.329. The maximum Gasteiger partial charge on any atom is 0.326 e. The summed E-state index contributed by atoms with van der Waals surface area (Å²) in [7, 11) is 1.60. The molecule has 0 bridgehead atoms. The van der Waals surface area contributed by atoms with Gasteiger partial charge in [-0.2, -0.15) is 0 Å². The maximum atomic E-state index is 11.2. The molecule has 7 nitrogen and oxygen atoms in total. The van der Waals surface area contributed by atoms with Gasteiger partial charge in [0.05, 0.1) is 17.6 Å². The minimum Gasteiger partial charge on any atom is -0.493 e. The molecule has 1 unspecified atom stereocenters. The van der Waals surface area contributed by atoms with Crippen molar-refractivity contribution in [3.63, 3.8) is 0 Å². The first-order valence-electron chi connectivity index (χ1n) is 6.78. The average Bonchev–Trinajstić information content (AvgIpc) is 2.44. The lowest BCUT2D eigenvalue weighted by molar-refractivity contribution is -0.384. The zero-order chi connectivity index (χ0) is 16.0. The van der Waals surface area contributed by atoms with E-state index in [0.29, 0.717) is 24.5 Å². The van der Waals surface area contributed by atoms with Crippen LogP contribution in [0.4, 0.5) is 11.4 Å². The molecular weight excluding hydrogens is 276 g/mol. The summed E-state index contributed by atoms with van der Waals surface area (Å²) in [6.45, 7) is 4.13.